The average Bonchev–Trinajstić information content (AvgIpc) is 3.23. The van der Waals surface area contributed by atoms with Gasteiger partial charge < -0.3 is 4.74 Å². The predicted molar refractivity (Wildman–Crippen MR) is 118 cm³/mol. The minimum Gasteiger partial charge on any atom is -0.458 e. The van der Waals surface area contributed by atoms with Crippen LogP contribution in [0.2, 0.25) is 0 Å². The van der Waals surface area contributed by atoms with E-state index in [2.05, 4.69) is 46.4 Å². The first-order valence-corrected chi connectivity index (χ1v) is 12.0. The van der Waals surface area contributed by atoms with E-state index in [1.807, 2.05) is 6.08 Å². The average molecular weight is 409 g/mol. The molecule has 30 heavy (non-hydrogen) atoms. The molecule has 162 valence electrons. The number of carbonyl (C=O) groups excluding carboxylic acids is 2. The van der Waals surface area contributed by atoms with E-state index in [1.165, 1.54) is 11.1 Å². The summed E-state index contributed by atoms with van der Waals surface area (Å²) >= 11 is 0. The zero-order valence-electron chi connectivity index (χ0n) is 19.1. The minimum atomic E-state index is -0.306. The van der Waals surface area contributed by atoms with Crippen LogP contribution in [0.1, 0.15) is 79.1 Å². The summed E-state index contributed by atoms with van der Waals surface area (Å²) in [6.07, 6.45) is 13.7. The quantitative estimate of drug-likeness (QED) is 0.419. The topological polar surface area (TPSA) is 43.4 Å². The van der Waals surface area contributed by atoms with Gasteiger partial charge in [-0.25, -0.2) is 0 Å². The molecule has 7 atom stereocenters. The number of fused-ring (bicyclic) bond motifs is 6. The van der Waals surface area contributed by atoms with Crippen molar-refractivity contribution >= 4 is 11.8 Å². The molecule has 3 heteroatoms. The summed E-state index contributed by atoms with van der Waals surface area (Å²) in [6, 6.07) is 0. The maximum atomic E-state index is 12.4. The zero-order chi connectivity index (χ0) is 21.5. The number of hydrogen-bond donors (Lipinski definition) is 0. The molecule has 1 heterocycles. The smallest absolute Gasteiger partial charge is 0.306 e. The van der Waals surface area contributed by atoms with Crippen molar-refractivity contribution in [3.63, 3.8) is 0 Å². The first-order valence-electron chi connectivity index (χ1n) is 12.0. The Balaban J connectivity index is 1.67. The molecule has 1 aliphatic heterocycles. The summed E-state index contributed by atoms with van der Waals surface area (Å²) in [5, 5.41) is 0. The lowest BCUT2D eigenvalue weighted by Crippen LogP contribution is -2.54. The van der Waals surface area contributed by atoms with Crippen molar-refractivity contribution in [2.24, 2.45) is 34.0 Å². The van der Waals surface area contributed by atoms with Crippen LogP contribution in [-0.4, -0.2) is 17.4 Å². The van der Waals surface area contributed by atoms with Gasteiger partial charge in [0, 0.05) is 23.7 Å². The van der Waals surface area contributed by atoms with Crippen molar-refractivity contribution in [3.8, 4) is 0 Å². The van der Waals surface area contributed by atoms with Gasteiger partial charge in [-0.05, 0) is 73.3 Å². The van der Waals surface area contributed by atoms with E-state index >= 15 is 0 Å². The van der Waals surface area contributed by atoms with Crippen LogP contribution >= 0.6 is 0 Å². The third-order valence-electron chi connectivity index (χ3n) is 10.3. The Kier molecular flexibility index (Phi) is 4.19. The molecular formula is C27H36O3. The second-order valence-electron chi connectivity index (χ2n) is 11.3. The highest BCUT2D eigenvalue weighted by molar-refractivity contribution is 5.92. The summed E-state index contributed by atoms with van der Waals surface area (Å²) in [7, 11) is 0. The van der Waals surface area contributed by atoms with Crippen molar-refractivity contribution in [1.29, 1.82) is 0 Å². The lowest BCUT2D eigenvalue weighted by atomic mass is 9.44. The molecule has 0 aromatic heterocycles. The lowest BCUT2D eigenvalue weighted by molar-refractivity contribution is -0.165. The van der Waals surface area contributed by atoms with Gasteiger partial charge in [-0.2, -0.15) is 0 Å². The van der Waals surface area contributed by atoms with Crippen LogP contribution in [0.25, 0.3) is 0 Å². The van der Waals surface area contributed by atoms with Gasteiger partial charge in [-0.15, -0.1) is 6.58 Å². The maximum Gasteiger partial charge on any atom is 0.306 e. The maximum absolute atomic E-state index is 12.4. The highest BCUT2D eigenvalue weighted by atomic mass is 16.6. The molecule has 0 aromatic rings. The summed E-state index contributed by atoms with van der Waals surface area (Å²) in [4.78, 5) is 24.7. The molecule has 5 rings (SSSR count). The number of ether oxygens (including phenoxy) is 1. The van der Waals surface area contributed by atoms with E-state index in [-0.39, 0.29) is 33.6 Å². The summed E-state index contributed by atoms with van der Waals surface area (Å²) < 4.78 is 6.18. The van der Waals surface area contributed by atoms with Gasteiger partial charge in [0.25, 0.3) is 0 Å². The minimum absolute atomic E-state index is 0.00451. The van der Waals surface area contributed by atoms with Crippen molar-refractivity contribution in [3.05, 3.63) is 36.0 Å². The van der Waals surface area contributed by atoms with Crippen LogP contribution in [0.3, 0.4) is 0 Å². The van der Waals surface area contributed by atoms with Crippen LogP contribution in [0.5, 0.6) is 0 Å². The number of ketones is 1. The van der Waals surface area contributed by atoms with Crippen LogP contribution in [0.15, 0.2) is 36.0 Å². The molecular weight excluding hydrogens is 372 g/mol. The Morgan fingerprint density at radius 1 is 1.23 bits per heavy atom. The van der Waals surface area contributed by atoms with Gasteiger partial charge in [-0.1, -0.05) is 45.4 Å². The second kappa shape index (κ2) is 6.20. The molecule has 3 fully saturated rings. The first-order chi connectivity index (χ1) is 14.2. The molecule has 2 saturated carbocycles. The van der Waals surface area contributed by atoms with Crippen molar-refractivity contribution in [1.82, 2.24) is 0 Å². The second-order valence-corrected chi connectivity index (χ2v) is 11.3. The van der Waals surface area contributed by atoms with E-state index in [4.69, 9.17) is 4.74 Å². The Bertz CT molecular complexity index is 896. The van der Waals surface area contributed by atoms with Crippen LogP contribution in [-0.2, 0) is 14.3 Å². The van der Waals surface area contributed by atoms with Crippen molar-refractivity contribution < 1.29 is 14.3 Å². The molecule has 0 bridgehead atoms. The Morgan fingerprint density at radius 2 is 2.00 bits per heavy atom. The van der Waals surface area contributed by atoms with Crippen LogP contribution < -0.4 is 0 Å². The Morgan fingerprint density at radius 3 is 2.63 bits per heavy atom. The third-order valence-corrected chi connectivity index (χ3v) is 10.3. The number of rotatable bonds is 2. The fraction of sp³-hybridized carbons (Fsp3) is 0.704. The van der Waals surface area contributed by atoms with Crippen molar-refractivity contribution in [2.75, 3.05) is 0 Å². The van der Waals surface area contributed by atoms with Crippen molar-refractivity contribution in [2.45, 2.75) is 84.7 Å². The van der Waals surface area contributed by atoms with Crippen LogP contribution in [0.4, 0.5) is 0 Å². The van der Waals surface area contributed by atoms with E-state index in [0.29, 0.717) is 30.6 Å². The van der Waals surface area contributed by atoms with E-state index in [9.17, 15) is 9.59 Å². The highest BCUT2D eigenvalue weighted by Crippen LogP contribution is 2.72. The van der Waals surface area contributed by atoms with E-state index in [1.54, 1.807) is 0 Å². The summed E-state index contributed by atoms with van der Waals surface area (Å²) in [5.41, 5.74) is 2.35. The molecule has 1 saturated heterocycles. The molecule has 0 amide bonds. The van der Waals surface area contributed by atoms with Gasteiger partial charge in [0.1, 0.15) is 5.60 Å². The van der Waals surface area contributed by atoms with Gasteiger partial charge >= 0.3 is 5.97 Å². The normalized spacial score (nSPS) is 49.7. The fourth-order valence-electron chi connectivity index (χ4n) is 8.53. The zero-order valence-corrected chi connectivity index (χ0v) is 19.1. The molecule has 4 unspecified atom stereocenters. The number of allylic oxidation sites excluding steroid dienone is 5. The third kappa shape index (κ3) is 2.22. The first kappa shape index (κ1) is 20.3. The molecule has 3 nitrogen and oxygen atoms in total. The SMILES string of the molecule is C=CC12CCC(=O)C=C1[C@](C)(CC)CC1C2=CCC2(C)C1C[C@@H](C)[C@@]21CCC(=O)O1. The Hall–Kier alpha value is -1.64. The highest BCUT2D eigenvalue weighted by Gasteiger charge is 2.69. The van der Waals surface area contributed by atoms with E-state index in [0.717, 1.165) is 38.5 Å². The van der Waals surface area contributed by atoms with Gasteiger partial charge in [0.15, 0.2) is 5.78 Å². The van der Waals surface area contributed by atoms with Gasteiger partial charge in [0.05, 0.1) is 0 Å². The molecule has 5 aliphatic rings. The fourth-order valence-corrected chi connectivity index (χ4v) is 8.53. The monoisotopic (exact) mass is 408 g/mol. The van der Waals surface area contributed by atoms with Gasteiger partial charge in [0.2, 0.25) is 0 Å². The molecule has 0 radical (unpaired) electrons. The molecule has 0 N–H and O–H groups in total. The standard InChI is InChI=1S/C27H36O3/c1-6-24(4)16-19-20(26(7-2)12-8-18(28)15-22(24)26)9-11-25(5)21(19)14-17(3)27(25)13-10-23(29)30-27/h7,9,15,17,19,21H,2,6,8,10-14,16H2,1,3-5H3/t17-,19?,21?,24-,25?,26?,27+/m1/s1. The molecule has 4 aliphatic carbocycles. The number of esters is 1. The van der Waals surface area contributed by atoms with Crippen LogP contribution in [0, 0.1) is 34.0 Å². The summed E-state index contributed by atoms with van der Waals surface area (Å²) in [5.74, 6) is 1.63. The largest absolute Gasteiger partial charge is 0.458 e. The summed E-state index contributed by atoms with van der Waals surface area (Å²) in [6.45, 7) is 13.6. The van der Waals surface area contributed by atoms with Gasteiger partial charge in [-0.3, -0.25) is 9.59 Å². The number of hydrogen-bond acceptors (Lipinski definition) is 3. The number of carbonyl (C=O) groups is 2. The molecule has 1 spiro atoms. The van der Waals surface area contributed by atoms with E-state index < -0.39 is 0 Å². The molecule has 0 aromatic carbocycles. The lowest BCUT2D eigenvalue weighted by Gasteiger charge is -2.59. The predicted octanol–water partition coefficient (Wildman–Crippen LogP) is 5.95. The Labute approximate surface area is 181 Å².